The van der Waals surface area contributed by atoms with Gasteiger partial charge in [0, 0.05) is 4.88 Å². The third kappa shape index (κ3) is 4.69. The van der Waals surface area contributed by atoms with Crippen LogP contribution in [-0.4, -0.2) is 41.9 Å². The highest BCUT2D eigenvalue weighted by atomic mass is 32.1. The second-order valence-corrected chi connectivity index (χ2v) is 10.3. The Balaban J connectivity index is 1.56. The van der Waals surface area contributed by atoms with Gasteiger partial charge in [-0.15, -0.1) is 11.3 Å². The van der Waals surface area contributed by atoms with E-state index in [9.17, 15) is 19.2 Å². The van der Waals surface area contributed by atoms with Crippen LogP contribution in [0.4, 0.5) is 9.80 Å². The minimum Gasteiger partial charge on any atom is -0.462 e. The molecule has 1 aliphatic heterocycles. The van der Waals surface area contributed by atoms with Crippen LogP contribution in [0.15, 0.2) is 30.3 Å². The Morgan fingerprint density at radius 2 is 1.97 bits per heavy atom. The fourth-order valence-electron chi connectivity index (χ4n) is 4.94. The van der Waals surface area contributed by atoms with Crippen molar-refractivity contribution in [2.75, 3.05) is 18.5 Å². The Kier molecular flexibility index (Phi) is 7.25. The van der Waals surface area contributed by atoms with Crippen molar-refractivity contribution in [3.63, 3.8) is 0 Å². The Morgan fingerprint density at radius 1 is 1.23 bits per heavy atom. The van der Waals surface area contributed by atoms with Crippen LogP contribution >= 0.6 is 11.3 Å². The molecule has 2 atom stereocenters. The Bertz CT molecular complexity index is 1150. The third-order valence-electron chi connectivity index (χ3n) is 6.61. The van der Waals surface area contributed by atoms with Gasteiger partial charge in [0.1, 0.15) is 17.1 Å². The molecule has 2 heterocycles. The number of rotatable bonds is 8. The van der Waals surface area contributed by atoms with Gasteiger partial charge in [0.05, 0.1) is 12.2 Å². The maximum absolute atomic E-state index is 13.5. The molecule has 0 saturated carbocycles. The summed E-state index contributed by atoms with van der Waals surface area (Å²) in [5.41, 5.74) is 0.825. The molecule has 8 nitrogen and oxygen atoms in total. The molecule has 0 spiro atoms. The summed E-state index contributed by atoms with van der Waals surface area (Å²) in [6.45, 7) is 5.64. The number of anilines is 1. The number of esters is 1. The number of nitrogens with one attached hydrogen (secondary N) is 2. The molecule has 2 N–H and O–H groups in total. The number of imide groups is 1. The molecular weight excluding hydrogens is 466 g/mol. The van der Waals surface area contributed by atoms with Crippen LogP contribution in [0.1, 0.15) is 66.4 Å². The van der Waals surface area contributed by atoms with Gasteiger partial charge in [-0.2, -0.15) is 0 Å². The summed E-state index contributed by atoms with van der Waals surface area (Å²) in [7, 11) is 0. The number of hydrogen-bond acceptors (Lipinski definition) is 6. The highest BCUT2D eigenvalue weighted by Gasteiger charge is 2.52. The average Bonchev–Trinajstić information content (AvgIpc) is 3.29. The number of nitrogens with zero attached hydrogens (tertiary/aromatic N) is 1. The lowest BCUT2D eigenvalue weighted by Gasteiger charge is -2.26. The lowest BCUT2D eigenvalue weighted by Crippen LogP contribution is -2.44. The Morgan fingerprint density at radius 3 is 2.66 bits per heavy atom. The topological polar surface area (TPSA) is 105 Å². The average molecular weight is 498 g/mol. The van der Waals surface area contributed by atoms with Crippen molar-refractivity contribution >= 4 is 40.2 Å². The second kappa shape index (κ2) is 10.2. The number of thiophene rings is 1. The standard InChI is InChI=1S/C26H31N3O5S/c1-4-13-26(17-9-7-6-8-10-17)24(32)29(25(33)28-26)15-20(30)27-22-21(23(31)34-5-2)18-12-11-16(3)14-19(18)35-22/h6-10,16H,4-5,11-15H2,1-3H3,(H,27,30)(H,28,33). The molecule has 4 rings (SSSR count). The van der Waals surface area contributed by atoms with Gasteiger partial charge < -0.3 is 15.4 Å². The SMILES string of the molecule is CCCC1(c2ccccc2)NC(=O)N(CC(=O)Nc2sc3c(c2C(=O)OCC)CCC(C)C3)C1=O. The first-order valence-corrected chi connectivity index (χ1v) is 12.9. The van der Waals surface area contributed by atoms with Crippen molar-refractivity contribution in [1.82, 2.24) is 10.2 Å². The molecule has 0 radical (unpaired) electrons. The first-order chi connectivity index (χ1) is 16.8. The van der Waals surface area contributed by atoms with Crippen LogP contribution in [0.25, 0.3) is 0 Å². The van der Waals surface area contributed by atoms with Gasteiger partial charge in [-0.05, 0) is 49.7 Å². The van der Waals surface area contributed by atoms with Crippen molar-refractivity contribution in [3.05, 3.63) is 51.9 Å². The van der Waals surface area contributed by atoms with Crippen LogP contribution in [0.2, 0.25) is 0 Å². The van der Waals surface area contributed by atoms with E-state index in [2.05, 4.69) is 17.6 Å². The smallest absolute Gasteiger partial charge is 0.341 e. The van der Waals surface area contributed by atoms with Crippen molar-refractivity contribution in [3.8, 4) is 0 Å². The third-order valence-corrected chi connectivity index (χ3v) is 7.78. The largest absolute Gasteiger partial charge is 0.462 e. The number of fused-ring (bicyclic) bond motifs is 1. The van der Waals surface area contributed by atoms with Crippen LogP contribution in [-0.2, 0) is 32.7 Å². The minimum atomic E-state index is -1.19. The van der Waals surface area contributed by atoms with Crippen molar-refractivity contribution in [1.29, 1.82) is 0 Å². The summed E-state index contributed by atoms with van der Waals surface area (Å²) in [5, 5.41) is 6.04. The van der Waals surface area contributed by atoms with Gasteiger partial charge in [0.15, 0.2) is 0 Å². The summed E-state index contributed by atoms with van der Waals surface area (Å²) in [5.74, 6) is -0.951. The number of carbonyl (C=O) groups is 4. The van der Waals surface area contributed by atoms with E-state index >= 15 is 0 Å². The van der Waals surface area contributed by atoms with E-state index in [0.717, 1.165) is 34.6 Å². The van der Waals surface area contributed by atoms with Crippen LogP contribution in [0.5, 0.6) is 0 Å². The summed E-state index contributed by atoms with van der Waals surface area (Å²) in [6, 6.07) is 8.49. The van der Waals surface area contributed by atoms with E-state index in [1.807, 2.05) is 25.1 Å². The van der Waals surface area contributed by atoms with Crippen molar-refractivity contribution in [2.24, 2.45) is 5.92 Å². The maximum atomic E-state index is 13.5. The van der Waals surface area contributed by atoms with E-state index in [1.165, 1.54) is 11.3 Å². The summed E-state index contributed by atoms with van der Waals surface area (Å²) in [6.07, 6.45) is 3.64. The molecule has 2 aliphatic rings. The first kappa shape index (κ1) is 24.9. The zero-order valence-corrected chi connectivity index (χ0v) is 21.1. The van der Waals surface area contributed by atoms with E-state index in [1.54, 1.807) is 19.1 Å². The quantitative estimate of drug-likeness (QED) is 0.419. The normalized spacial score (nSPS) is 21.5. The van der Waals surface area contributed by atoms with E-state index < -0.39 is 35.9 Å². The van der Waals surface area contributed by atoms with Crippen molar-refractivity contribution < 1.29 is 23.9 Å². The second-order valence-electron chi connectivity index (χ2n) is 9.17. The summed E-state index contributed by atoms with van der Waals surface area (Å²) < 4.78 is 5.26. The highest BCUT2D eigenvalue weighted by molar-refractivity contribution is 7.17. The number of carbonyl (C=O) groups excluding carboxylic acids is 4. The van der Waals surface area contributed by atoms with Crippen LogP contribution in [0.3, 0.4) is 0 Å². The molecule has 0 bridgehead atoms. The molecule has 1 saturated heterocycles. The molecule has 1 aliphatic carbocycles. The molecular formula is C26H31N3O5S. The van der Waals surface area contributed by atoms with Crippen LogP contribution < -0.4 is 10.6 Å². The highest BCUT2D eigenvalue weighted by Crippen LogP contribution is 2.40. The zero-order chi connectivity index (χ0) is 25.2. The molecule has 2 aromatic rings. The maximum Gasteiger partial charge on any atom is 0.341 e. The van der Waals surface area contributed by atoms with Gasteiger partial charge >= 0.3 is 12.0 Å². The van der Waals surface area contributed by atoms with Gasteiger partial charge in [0.25, 0.3) is 5.91 Å². The van der Waals surface area contributed by atoms with Gasteiger partial charge in [-0.1, -0.05) is 50.6 Å². The molecule has 35 heavy (non-hydrogen) atoms. The monoisotopic (exact) mass is 497 g/mol. The Labute approximate surface area is 209 Å². The molecule has 186 valence electrons. The van der Waals surface area contributed by atoms with E-state index in [4.69, 9.17) is 4.74 Å². The summed E-state index contributed by atoms with van der Waals surface area (Å²) in [4.78, 5) is 54.1. The molecule has 2 unspecified atom stereocenters. The number of amides is 4. The number of hydrogen-bond donors (Lipinski definition) is 2. The predicted molar refractivity (Wildman–Crippen MR) is 133 cm³/mol. The fraction of sp³-hybridized carbons (Fsp3) is 0.462. The molecule has 1 fully saturated rings. The van der Waals surface area contributed by atoms with Gasteiger partial charge in [-0.25, -0.2) is 9.59 Å². The van der Waals surface area contributed by atoms with Gasteiger partial charge in [-0.3, -0.25) is 14.5 Å². The lowest BCUT2D eigenvalue weighted by molar-refractivity contribution is -0.134. The van der Waals surface area contributed by atoms with Gasteiger partial charge in [0.2, 0.25) is 5.91 Å². The predicted octanol–water partition coefficient (Wildman–Crippen LogP) is 4.24. The molecule has 1 aromatic heterocycles. The molecule has 9 heteroatoms. The van der Waals surface area contributed by atoms with E-state index in [-0.39, 0.29) is 6.61 Å². The van der Waals surface area contributed by atoms with Crippen molar-refractivity contribution in [2.45, 2.75) is 58.4 Å². The lowest BCUT2D eigenvalue weighted by atomic mass is 9.85. The molecule has 4 amide bonds. The van der Waals surface area contributed by atoms with E-state index in [0.29, 0.717) is 34.9 Å². The zero-order valence-electron chi connectivity index (χ0n) is 20.3. The minimum absolute atomic E-state index is 0.231. The first-order valence-electron chi connectivity index (χ1n) is 12.1. The summed E-state index contributed by atoms with van der Waals surface area (Å²) >= 11 is 1.38. The molecule has 1 aromatic carbocycles. The number of benzene rings is 1. The fourth-order valence-corrected chi connectivity index (χ4v) is 6.36. The number of ether oxygens (including phenoxy) is 1. The van der Waals surface area contributed by atoms with Crippen LogP contribution in [0, 0.1) is 5.92 Å². The Hall–Kier alpha value is -3.20. The number of urea groups is 1.